The van der Waals surface area contributed by atoms with Gasteiger partial charge in [0.15, 0.2) is 11.5 Å². The first-order valence-electron chi connectivity index (χ1n) is 6.34. The summed E-state index contributed by atoms with van der Waals surface area (Å²) in [5, 5.41) is 0.339. The van der Waals surface area contributed by atoms with Crippen molar-refractivity contribution < 1.29 is 17.9 Å². The largest absolute Gasteiger partial charge is 0.493 e. The molecule has 0 saturated heterocycles. The van der Waals surface area contributed by atoms with E-state index in [4.69, 9.17) is 31.8 Å². The minimum absolute atomic E-state index is 0.143. The van der Waals surface area contributed by atoms with Crippen molar-refractivity contribution in [3.05, 3.63) is 22.7 Å². The fourth-order valence-electron chi connectivity index (χ4n) is 2.34. The average Bonchev–Trinajstić information content (AvgIpc) is 2.83. The van der Waals surface area contributed by atoms with Gasteiger partial charge in [0.25, 0.3) is 0 Å². The quantitative estimate of drug-likeness (QED) is 0.767. The highest BCUT2D eigenvalue weighted by atomic mass is 35.7. The Kier molecular flexibility index (Phi) is 5.04. The number of rotatable bonds is 5. The molecule has 0 spiro atoms. The molecule has 1 aromatic rings. The summed E-state index contributed by atoms with van der Waals surface area (Å²) in [6, 6.07) is 3.14. The Hall–Kier alpha value is -0.650. The number of ether oxygens (including phenoxy) is 2. The molecule has 0 bridgehead atoms. The van der Waals surface area contributed by atoms with E-state index < -0.39 is 9.05 Å². The zero-order valence-corrected chi connectivity index (χ0v) is 13.4. The number of methoxy groups -OCH3 is 1. The Morgan fingerprint density at radius 2 is 1.95 bits per heavy atom. The highest BCUT2D eigenvalue weighted by Gasteiger charge is 2.21. The van der Waals surface area contributed by atoms with E-state index in [1.54, 1.807) is 12.1 Å². The van der Waals surface area contributed by atoms with Gasteiger partial charge in [-0.3, -0.25) is 0 Å². The van der Waals surface area contributed by atoms with Crippen LogP contribution in [0.2, 0.25) is 5.02 Å². The smallest absolute Gasteiger partial charge is 0.236 e. The van der Waals surface area contributed by atoms with Crippen LogP contribution >= 0.6 is 22.3 Å². The van der Waals surface area contributed by atoms with Crippen LogP contribution in [0.5, 0.6) is 11.5 Å². The van der Waals surface area contributed by atoms with Gasteiger partial charge in [-0.1, -0.05) is 11.6 Å². The molecule has 0 heterocycles. The third kappa shape index (κ3) is 4.17. The van der Waals surface area contributed by atoms with Crippen molar-refractivity contribution in [3.8, 4) is 11.5 Å². The predicted octanol–water partition coefficient (Wildman–Crippen LogP) is 3.74. The molecule has 0 unspecified atom stereocenters. The Morgan fingerprint density at radius 1 is 1.30 bits per heavy atom. The van der Waals surface area contributed by atoms with Gasteiger partial charge in [-0.25, -0.2) is 8.42 Å². The summed E-state index contributed by atoms with van der Waals surface area (Å²) >= 11 is 6.18. The molecule has 1 fully saturated rings. The Balaban J connectivity index is 2.27. The lowest BCUT2D eigenvalue weighted by atomic mass is 10.2. The molecule has 1 aliphatic rings. The van der Waals surface area contributed by atoms with Gasteiger partial charge in [0.05, 0.1) is 24.0 Å². The first-order chi connectivity index (χ1) is 9.39. The van der Waals surface area contributed by atoms with Crippen LogP contribution < -0.4 is 9.47 Å². The Bertz CT molecular complexity index is 580. The van der Waals surface area contributed by atoms with Gasteiger partial charge in [-0.2, -0.15) is 0 Å². The van der Waals surface area contributed by atoms with Crippen LogP contribution in [0.3, 0.4) is 0 Å². The third-order valence-corrected chi connectivity index (χ3v) is 4.50. The second kappa shape index (κ2) is 6.41. The van der Waals surface area contributed by atoms with E-state index in [-0.39, 0.29) is 11.9 Å². The molecule has 0 aliphatic heterocycles. The SMILES string of the molecule is COc1cc(CS(=O)(=O)Cl)cc(Cl)c1OC1CCCC1. The summed E-state index contributed by atoms with van der Waals surface area (Å²) in [5.41, 5.74) is 0.473. The number of halogens is 2. The van der Waals surface area contributed by atoms with Crippen LogP contribution in [0.15, 0.2) is 12.1 Å². The van der Waals surface area contributed by atoms with E-state index in [0.29, 0.717) is 22.1 Å². The summed E-state index contributed by atoms with van der Waals surface area (Å²) < 4.78 is 33.4. The summed E-state index contributed by atoms with van der Waals surface area (Å²) in [4.78, 5) is 0. The van der Waals surface area contributed by atoms with Gasteiger partial charge in [0.1, 0.15) is 0 Å². The topological polar surface area (TPSA) is 52.6 Å². The van der Waals surface area contributed by atoms with Crippen LogP contribution in [0.25, 0.3) is 0 Å². The van der Waals surface area contributed by atoms with Gasteiger partial charge in [0.2, 0.25) is 9.05 Å². The highest BCUT2D eigenvalue weighted by molar-refractivity contribution is 8.13. The maximum absolute atomic E-state index is 11.1. The molecule has 0 radical (unpaired) electrons. The van der Waals surface area contributed by atoms with Crippen LogP contribution in [0, 0.1) is 0 Å². The van der Waals surface area contributed by atoms with Crippen molar-refractivity contribution in [2.45, 2.75) is 37.5 Å². The Morgan fingerprint density at radius 3 is 2.50 bits per heavy atom. The fourth-order valence-corrected chi connectivity index (χ4v) is 3.56. The summed E-state index contributed by atoms with van der Waals surface area (Å²) in [6.07, 6.45) is 4.43. The highest BCUT2D eigenvalue weighted by Crippen LogP contribution is 2.39. The van der Waals surface area contributed by atoms with Crippen molar-refractivity contribution >= 4 is 31.3 Å². The predicted molar refractivity (Wildman–Crippen MR) is 79.4 cm³/mol. The van der Waals surface area contributed by atoms with Gasteiger partial charge in [-0.05, 0) is 43.4 Å². The van der Waals surface area contributed by atoms with Gasteiger partial charge in [-0.15, -0.1) is 0 Å². The lowest BCUT2D eigenvalue weighted by Gasteiger charge is -2.18. The molecule has 0 amide bonds. The minimum Gasteiger partial charge on any atom is -0.493 e. The van der Waals surface area contributed by atoms with E-state index in [1.807, 2.05) is 0 Å². The molecule has 0 aromatic heterocycles. The van der Waals surface area contributed by atoms with Crippen molar-refractivity contribution in [1.29, 1.82) is 0 Å². The lowest BCUT2D eigenvalue weighted by molar-refractivity contribution is 0.201. The molecular formula is C13H16Cl2O4S. The van der Waals surface area contributed by atoms with E-state index in [0.717, 1.165) is 25.7 Å². The maximum Gasteiger partial charge on any atom is 0.236 e. The van der Waals surface area contributed by atoms with Crippen molar-refractivity contribution in [2.24, 2.45) is 0 Å². The van der Waals surface area contributed by atoms with Crippen LogP contribution in [0.4, 0.5) is 0 Å². The Labute approximate surface area is 128 Å². The van der Waals surface area contributed by atoms with E-state index >= 15 is 0 Å². The number of hydrogen-bond donors (Lipinski definition) is 0. The van der Waals surface area contributed by atoms with Gasteiger partial charge < -0.3 is 9.47 Å². The van der Waals surface area contributed by atoms with Gasteiger partial charge >= 0.3 is 0 Å². The first kappa shape index (κ1) is 15.7. The molecular weight excluding hydrogens is 323 g/mol. The molecule has 4 nitrogen and oxygen atoms in total. The summed E-state index contributed by atoms with van der Waals surface area (Å²) in [6.45, 7) is 0. The zero-order chi connectivity index (χ0) is 14.8. The molecule has 0 atom stereocenters. The molecule has 112 valence electrons. The van der Waals surface area contributed by atoms with E-state index in [2.05, 4.69) is 0 Å². The number of hydrogen-bond acceptors (Lipinski definition) is 4. The average molecular weight is 339 g/mol. The standard InChI is InChI=1S/C13H16Cl2O4S/c1-18-12-7-9(8-20(15,16)17)6-11(14)13(12)19-10-4-2-3-5-10/h6-7,10H,2-5,8H2,1H3. The van der Waals surface area contributed by atoms with Crippen LogP contribution in [0.1, 0.15) is 31.2 Å². The second-order valence-corrected chi connectivity index (χ2v) is 8.00. The van der Waals surface area contributed by atoms with Crippen molar-refractivity contribution in [3.63, 3.8) is 0 Å². The molecule has 1 saturated carbocycles. The first-order valence-corrected chi connectivity index (χ1v) is 9.20. The van der Waals surface area contributed by atoms with E-state index in [1.165, 1.54) is 7.11 Å². The summed E-state index contributed by atoms with van der Waals surface area (Å²) in [7, 11) is 3.11. The zero-order valence-electron chi connectivity index (χ0n) is 11.1. The normalized spacial score (nSPS) is 16.4. The molecule has 7 heteroatoms. The number of benzene rings is 1. The second-order valence-electron chi connectivity index (χ2n) is 4.82. The third-order valence-electron chi connectivity index (χ3n) is 3.22. The van der Waals surface area contributed by atoms with Crippen molar-refractivity contribution in [1.82, 2.24) is 0 Å². The van der Waals surface area contributed by atoms with Crippen LogP contribution in [-0.2, 0) is 14.8 Å². The molecule has 20 heavy (non-hydrogen) atoms. The molecule has 0 N–H and O–H groups in total. The molecule has 2 rings (SSSR count). The lowest BCUT2D eigenvalue weighted by Crippen LogP contribution is -2.12. The minimum atomic E-state index is -3.64. The monoisotopic (exact) mass is 338 g/mol. The fraction of sp³-hybridized carbons (Fsp3) is 0.538. The molecule has 1 aliphatic carbocycles. The maximum atomic E-state index is 11.1. The summed E-state index contributed by atoms with van der Waals surface area (Å²) in [5.74, 6) is 0.602. The van der Waals surface area contributed by atoms with Crippen LogP contribution in [-0.4, -0.2) is 21.6 Å². The molecule has 1 aromatic carbocycles. The van der Waals surface area contributed by atoms with E-state index in [9.17, 15) is 8.42 Å². The van der Waals surface area contributed by atoms with Gasteiger partial charge in [0, 0.05) is 10.7 Å². The van der Waals surface area contributed by atoms with Crippen molar-refractivity contribution in [2.75, 3.05) is 7.11 Å².